The van der Waals surface area contributed by atoms with Crippen molar-refractivity contribution in [2.75, 3.05) is 7.11 Å². The first-order valence-electron chi connectivity index (χ1n) is 4.06. The molecule has 0 atom stereocenters. The molecule has 0 aliphatic rings. The van der Waals surface area contributed by atoms with E-state index in [-0.39, 0.29) is 5.75 Å². The molecule has 2 rings (SSSR count). The van der Waals surface area contributed by atoms with Crippen LogP contribution in [0.1, 0.15) is 0 Å². The zero-order chi connectivity index (χ0) is 9.97. The van der Waals surface area contributed by atoms with Crippen molar-refractivity contribution < 1.29 is 9.13 Å². The summed E-state index contributed by atoms with van der Waals surface area (Å²) < 4.78 is 18.2. The molecule has 14 heavy (non-hydrogen) atoms. The second kappa shape index (κ2) is 3.49. The molecule has 1 aromatic heterocycles. The number of nitrogens with zero attached hydrogens (tertiary/aromatic N) is 1. The lowest BCUT2D eigenvalue weighted by molar-refractivity contribution is 0.388. The first-order valence-corrected chi connectivity index (χ1v) is 4.06. The Hall–Kier alpha value is -1.84. The molecular formula is C10H8FN2O. The standard InChI is InChI=1S/C10H8FN2O/c1-14-10-8(3-2-4-9(10)11)7-5-12-13-6-7/h2,4-6H,1H3,(H,12,13). The van der Waals surface area contributed by atoms with Gasteiger partial charge in [-0.1, -0.05) is 6.07 Å². The molecule has 0 bridgehead atoms. The van der Waals surface area contributed by atoms with Crippen LogP contribution in [0.3, 0.4) is 0 Å². The number of nitrogens with one attached hydrogen (secondary N) is 1. The Kier molecular flexibility index (Phi) is 2.18. The van der Waals surface area contributed by atoms with Crippen LogP contribution in [0.15, 0.2) is 24.5 Å². The van der Waals surface area contributed by atoms with Crippen molar-refractivity contribution in [2.24, 2.45) is 0 Å². The van der Waals surface area contributed by atoms with Crippen molar-refractivity contribution in [1.29, 1.82) is 0 Å². The van der Waals surface area contributed by atoms with Gasteiger partial charge in [0, 0.05) is 17.3 Å². The summed E-state index contributed by atoms with van der Waals surface area (Å²) in [6.45, 7) is 0. The van der Waals surface area contributed by atoms with E-state index in [0.29, 0.717) is 5.56 Å². The maximum absolute atomic E-state index is 13.3. The highest BCUT2D eigenvalue weighted by Gasteiger charge is 2.10. The number of H-pyrrole nitrogens is 1. The summed E-state index contributed by atoms with van der Waals surface area (Å²) in [6, 6.07) is 5.73. The number of ether oxygens (including phenoxy) is 1. The maximum atomic E-state index is 13.3. The lowest BCUT2D eigenvalue weighted by Gasteiger charge is -2.06. The van der Waals surface area contributed by atoms with Crippen LogP contribution in [0, 0.1) is 11.9 Å². The summed E-state index contributed by atoms with van der Waals surface area (Å²) in [4.78, 5) is 0. The van der Waals surface area contributed by atoms with Crippen molar-refractivity contribution in [3.05, 3.63) is 36.4 Å². The zero-order valence-corrected chi connectivity index (χ0v) is 7.54. The van der Waals surface area contributed by atoms with Gasteiger partial charge in [-0.05, 0) is 12.1 Å². The van der Waals surface area contributed by atoms with E-state index in [1.165, 1.54) is 19.2 Å². The zero-order valence-electron chi connectivity index (χ0n) is 7.54. The van der Waals surface area contributed by atoms with E-state index in [1.54, 1.807) is 12.4 Å². The first-order chi connectivity index (χ1) is 6.83. The molecule has 2 aromatic rings. The number of hydrogen-bond acceptors (Lipinski definition) is 2. The lowest BCUT2D eigenvalue weighted by Crippen LogP contribution is -1.91. The van der Waals surface area contributed by atoms with Gasteiger partial charge in [-0.15, -0.1) is 0 Å². The van der Waals surface area contributed by atoms with Crippen molar-refractivity contribution in [2.45, 2.75) is 0 Å². The Morgan fingerprint density at radius 3 is 3.07 bits per heavy atom. The molecule has 0 saturated heterocycles. The summed E-state index contributed by atoms with van der Waals surface area (Å²) in [7, 11) is 1.43. The molecule has 1 aromatic carbocycles. The van der Waals surface area contributed by atoms with Crippen LogP contribution in [0.5, 0.6) is 5.75 Å². The van der Waals surface area contributed by atoms with Gasteiger partial charge in [0.2, 0.25) is 0 Å². The van der Waals surface area contributed by atoms with Crippen molar-refractivity contribution in [3.8, 4) is 16.9 Å². The monoisotopic (exact) mass is 191 g/mol. The number of aromatic amines is 1. The van der Waals surface area contributed by atoms with Gasteiger partial charge in [0.1, 0.15) is 0 Å². The predicted octanol–water partition coefficient (Wildman–Crippen LogP) is 2.02. The predicted molar refractivity (Wildman–Crippen MR) is 49.4 cm³/mol. The van der Waals surface area contributed by atoms with Gasteiger partial charge in [-0.3, -0.25) is 5.10 Å². The van der Waals surface area contributed by atoms with Gasteiger partial charge in [-0.2, -0.15) is 5.10 Å². The minimum atomic E-state index is -0.401. The molecular weight excluding hydrogens is 183 g/mol. The van der Waals surface area contributed by atoms with Crippen LogP contribution in [-0.2, 0) is 0 Å². The Morgan fingerprint density at radius 1 is 1.57 bits per heavy atom. The molecule has 0 spiro atoms. The third-order valence-electron chi connectivity index (χ3n) is 1.89. The highest BCUT2D eigenvalue weighted by Crippen LogP contribution is 2.30. The fourth-order valence-electron chi connectivity index (χ4n) is 1.26. The first kappa shape index (κ1) is 8.74. The average Bonchev–Trinajstić information content (AvgIpc) is 2.70. The van der Waals surface area contributed by atoms with Crippen molar-refractivity contribution in [1.82, 2.24) is 10.2 Å². The van der Waals surface area contributed by atoms with Gasteiger partial charge in [0.15, 0.2) is 11.6 Å². The van der Waals surface area contributed by atoms with E-state index < -0.39 is 5.82 Å². The van der Waals surface area contributed by atoms with E-state index in [2.05, 4.69) is 16.3 Å². The fourth-order valence-corrected chi connectivity index (χ4v) is 1.26. The molecule has 0 saturated carbocycles. The van der Waals surface area contributed by atoms with Crippen LogP contribution < -0.4 is 4.74 Å². The summed E-state index contributed by atoms with van der Waals surface area (Å²) in [5.41, 5.74) is 1.32. The Morgan fingerprint density at radius 2 is 2.43 bits per heavy atom. The highest BCUT2D eigenvalue weighted by atomic mass is 19.1. The molecule has 71 valence electrons. The SMILES string of the molecule is COc1c(-c2cn[nH]c2)[c]ccc1F. The fraction of sp³-hybridized carbons (Fsp3) is 0.100. The molecule has 0 aliphatic carbocycles. The van der Waals surface area contributed by atoms with Gasteiger partial charge in [0.25, 0.3) is 0 Å². The lowest BCUT2D eigenvalue weighted by atomic mass is 10.1. The van der Waals surface area contributed by atoms with Crippen molar-refractivity contribution >= 4 is 0 Å². The van der Waals surface area contributed by atoms with E-state index >= 15 is 0 Å². The van der Waals surface area contributed by atoms with Gasteiger partial charge in [-0.25, -0.2) is 4.39 Å². The van der Waals surface area contributed by atoms with E-state index in [4.69, 9.17) is 4.74 Å². The average molecular weight is 191 g/mol. The number of hydrogen-bond donors (Lipinski definition) is 1. The van der Waals surface area contributed by atoms with E-state index in [1.807, 2.05) is 0 Å². The van der Waals surface area contributed by atoms with Crippen molar-refractivity contribution in [3.63, 3.8) is 0 Å². The number of methoxy groups -OCH3 is 1. The summed E-state index contributed by atoms with van der Waals surface area (Å²) in [5.74, 6) is -0.212. The molecule has 1 heterocycles. The molecule has 0 aliphatic heterocycles. The van der Waals surface area contributed by atoms with Crippen LogP contribution in [0.25, 0.3) is 11.1 Å². The van der Waals surface area contributed by atoms with Gasteiger partial charge < -0.3 is 4.74 Å². The Balaban J connectivity index is 2.58. The normalized spacial score (nSPS) is 10.1. The second-order valence-electron chi connectivity index (χ2n) is 2.72. The molecule has 0 unspecified atom stereocenters. The Labute approximate surface area is 80.5 Å². The van der Waals surface area contributed by atoms with Crippen LogP contribution >= 0.6 is 0 Å². The van der Waals surface area contributed by atoms with E-state index in [9.17, 15) is 4.39 Å². The minimum Gasteiger partial charge on any atom is -0.493 e. The topological polar surface area (TPSA) is 37.9 Å². The van der Waals surface area contributed by atoms with Crippen LogP contribution in [0.2, 0.25) is 0 Å². The van der Waals surface area contributed by atoms with Crippen LogP contribution in [-0.4, -0.2) is 17.3 Å². The second-order valence-corrected chi connectivity index (χ2v) is 2.72. The van der Waals surface area contributed by atoms with Gasteiger partial charge in [0.05, 0.1) is 13.3 Å². The molecule has 4 heteroatoms. The molecule has 3 nitrogen and oxygen atoms in total. The van der Waals surface area contributed by atoms with Crippen LogP contribution in [0.4, 0.5) is 4.39 Å². The maximum Gasteiger partial charge on any atom is 0.165 e. The summed E-state index contributed by atoms with van der Waals surface area (Å²) in [5, 5.41) is 6.43. The minimum absolute atomic E-state index is 0.189. The van der Waals surface area contributed by atoms with E-state index in [0.717, 1.165) is 5.56 Å². The number of halogens is 1. The third kappa shape index (κ3) is 1.35. The summed E-state index contributed by atoms with van der Waals surface area (Å²) in [6.07, 6.45) is 3.25. The highest BCUT2D eigenvalue weighted by molar-refractivity contribution is 5.68. The Bertz CT molecular complexity index is 426. The summed E-state index contributed by atoms with van der Waals surface area (Å²) >= 11 is 0. The molecule has 0 amide bonds. The smallest absolute Gasteiger partial charge is 0.165 e. The van der Waals surface area contributed by atoms with Gasteiger partial charge >= 0.3 is 0 Å². The largest absolute Gasteiger partial charge is 0.493 e. The number of benzene rings is 1. The third-order valence-corrected chi connectivity index (χ3v) is 1.89. The molecule has 1 N–H and O–H groups in total. The molecule has 0 fully saturated rings. The number of rotatable bonds is 2. The number of aromatic nitrogens is 2. The quantitative estimate of drug-likeness (QED) is 0.788. The molecule has 1 radical (unpaired) electrons.